The molecule has 15 heavy (non-hydrogen) atoms. The maximum atomic E-state index is 5.72. The number of nitrogens with zero attached hydrogens (tertiary/aromatic N) is 2. The molecule has 1 heterocycles. The van der Waals surface area contributed by atoms with Crippen molar-refractivity contribution in [1.82, 2.24) is 9.97 Å². The predicted octanol–water partition coefficient (Wildman–Crippen LogP) is 3.19. The standard InChI is InChI=1S/C12H11ClN2/c1-9-2-4-10(5-3-9)12-14-7-6-11(8-13)15-12/h2-7H,8H2,1H3. The maximum Gasteiger partial charge on any atom is 0.159 e. The van der Waals surface area contributed by atoms with Gasteiger partial charge in [-0.3, -0.25) is 0 Å². The van der Waals surface area contributed by atoms with E-state index in [9.17, 15) is 0 Å². The molecule has 0 fully saturated rings. The largest absolute Gasteiger partial charge is 0.237 e. The molecule has 1 aromatic heterocycles. The fourth-order valence-corrected chi connectivity index (χ4v) is 1.46. The molecule has 0 aliphatic carbocycles. The highest BCUT2D eigenvalue weighted by Crippen LogP contribution is 2.15. The third-order valence-electron chi connectivity index (χ3n) is 2.16. The second-order valence-corrected chi connectivity index (χ2v) is 3.64. The fraction of sp³-hybridized carbons (Fsp3) is 0.167. The zero-order valence-corrected chi connectivity index (χ0v) is 9.20. The van der Waals surface area contributed by atoms with Crippen molar-refractivity contribution in [2.45, 2.75) is 12.8 Å². The van der Waals surface area contributed by atoms with Crippen LogP contribution in [-0.2, 0) is 5.88 Å². The van der Waals surface area contributed by atoms with E-state index in [0.29, 0.717) is 5.88 Å². The molecule has 1 aromatic carbocycles. The van der Waals surface area contributed by atoms with E-state index >= 15 is 0 Å². The third kappa shape index (κ3) is 2.34. The lowest BCUT2D eigenvalue weighted by Gasteiger charge is -2.01. The minimum atomic E-state index is 0.418. The molecule has 2 nitrogen and oxygen atoms in total. The lowest BCUT2D eigenvalue weighted by atomic mass is 10.1. The van der Waals surface area contributed by atoms with E-state index in [-0.39, 0.29) is 0 Å². The molecule has 0 saturated carbocycles. The van der Waals surface area contributed by atoms with Crippen LogP contribution in [0.3, 0.4) is 0 Å². The van der Waals surface area contributed by atoms with E-state index in [0.717, 1.165) is 17.1 Å². The van der Waals surface area contributed by atoms with Crippen LogP contribution in [0.25, 0.3) is 11.4 Å². The number of aryl methyl sites for hydroxylation is 1. The van der Waals surface area contributed by atoms with Crippen LogP contribution in [-0.4, -0.2) is 9.97 Å². The molecule has 0 N–H and O–H groups in total. The first-order valence-corrected chi connectivity index (χ1v) is 5.28. The lowest BCUT2D eigenvalue weighted by Crippen LogP contribution is -1.92. The molecular formula is C12H11ClN2. The molecule has 0 spiro atoms. The minimum Gasteiger partial charge on any atom is -0.237 e. The first-order chi connectivity index (χ1) is 7.29. The quantitative estimate of drug-likeness (QED) is 0.724. The molecule has 0 aliphatic heterocycles. The van der Waals surface area contributed by atoms with E-state index in [1.54, 1.807) is 6.20 Å². The summed E-state index contributed by atoms with van der Waals surface area (Å²) in [7, 11) is 0. The Hall–Kier alpha value is -1.41. The molecule has 0 amide bonds. The van der Waals surface area contributed by atoms with Crippen LogP contribution in [0.1, 0.15) is 11.3 Å². The van der Waals surface area contributed by atoms with Gasteiger partial charge in [-0.1, -0.05) is 29.8 Å². The van der Waals surface area contributed by atoms with E-state index < -0.39 is 0 Å². The van der Waals surface area contributed by atoms with Gasteiger partial charge in [-0.05, 0) is 13.0 Å². The molecule has 3 heteroatoms. The van der Waals surface area contributed by atoms with Gasteiger partial charge in [0.05, 0.1) is 11.6 Å². The number of rotatable bonds is 2. The molecule has 2 rings (SSSR count). The van der Waals surface area contributed by atoms with Crippen molar-refractivity contribution in [1.29, 1.82) is 0 Å². The van der Waals surface area contributed by atoms with Gasteiger partial charge < -0.3 is 0 Å². The van der Waals surface area contributed by atoms with Crippen LogP contribution in [0.5, 0.6) is 0 Å². The highest BCUT2D eigenvalue weighted by atomic mass is 35.5. The summed E-state index contributed by atoms with van der Waals surface area (Å²) in [6.45, 7) is 2.06. The van der Waals surface area contributed by atoms with Crippen molar-refractivity contribution >= 4 is 11.6 Å². The number of hydrogen-bond acceptors (Lipinski definition) is 2. The molecular weight excluding hydrogens is 208 g/mol. The first-order valence-electron chi connectivity index (χ1n) is 4.74. The molecule has 0 atom stereocenters. The van der Waals surface area contributed by atoms with Gasteiger partial charge in [0, 0.05) is 11.8 Å². The van der Waals surface area contributed by atoms with E-state index in [4.69, 9.17) is 11.6 Å². The predicted molar refractivity (Wildman–Crippen MR) is 61.8 cm³/mol. The Labute approximate surface area is 94.0 Å². The SMILES string of the molecule is Cc1ccc(-c2nccc(CCl)n2)cc1. The average Bonchev–Trinajstić information content (AvgIpc) is 2.30. The Bertz CT molecular complexity index is 451. The normalized spacial score (nSPS) is 10.3. The van der Waals surface area contributed by atoms with Crippen LogP contribution in [0.2, 0.25) is 0 Å². The monoisotopic (exact) mass is 218 g/mol. The highest BCUT2D eigenvalue weighted by Gasteiger charge is 2.01. The highest BCUT2D eigenvalue weighted by molar-refractivity contribution is 6.16. The van der Waals surface area contributed by atoms with Crippen molar-refractivity contribution in [2.24, 2.45) is 0 Å². The number of aromatic nitrogens is 2. The summed E-state index contributed by atoms with van der Waals surface area (Å²) in [5, 5.41) is 0. The summed E-state index contributed by atoms with van der Waals surface area (Å²) in [4.78, 5) is 8.57. The zero-order valence-electron chi connectivity index (χ0n) is 8.44. The maximum absolute atomic E-state index is 5.72. The van der Waals surface area contributed by atoms with Gasteiger partial charge in [0.15, 0.2) is 5.82 Å². The number of benzene rings is 1. The molecule has 76 valence electrons. The third-order valence-corrected chi connectivity index (χ3v) is 2.43. The molecule has 0 saturated heterocycles. The van der Waals surface area contributed by atoms with E-state index in [1.807, 2.05) is 30.3 Å². The Kier molecular flexibility index (Phi) is 2.97. The van der Waals surface area contributed by atoms with Gasteiger partial charge in [0.1, 0.15) is 0 Å². The Morgan fingerprint density at radius 1 is 1.13 bits per heavy atom. The fourth-order valence-electron chi connectivity index (χ4n) is 1.31. The number of halogens is 1. The van der Waals surface area contributed by atoms with Crippen molar-refractivity contribution in [3.05, 3.63) is 47.8 Å². The van der Waals surface area contributed by atoms with Crippen molar-refractivity contribution < 1.29 is 0 Å². The summed E-state index contributed by atoms with van der Waals surface area (Å²) >= 11 is 5.72. The molecule has 0 unspecified atom stereocenters. The lowest BCUT2D eigenvalue weighted by molar-refractivity contribution is 1.09. The van der Waals surface area contributed by atoms with Gasteiger partial charge in [-0.2, -0.15) is 0 Å². The zero-order chi connectivity index (χ0) is 10.7. The Morgan fingerprint density at radius 2 is 1.87 bits per heavy atom. The van der Waals surface area contributed by atoms with Crippen LogP contribution in [0.15, 0.2) is 36.5 Å². The van der Waals surface area contributed by atoms with Gasteiger partial charge in [0.2, 0.25) is 0 Å². The Morgan fingerprint density at radius 3 is 2.53 bits per heavy atom. The van der Waals surface area contributed by atoms with Crippen LogP contribution < -0.4 is 0 Å². The van der Waals surface area contributed by atoms with Gasteiger partial charge in [-0.25, -0.2) is 9.97 Å². The van der Waals surface area contributed by atoms with Crippen LogP contribution >= 0.6 is 11.6 Å². The van der Waals surface area contributed by atoms with E-state index in [2.05, 4.69) is 16.9 Å². The first kappa shape index (κ1) is 10.1. The van der Waals surface area contributed by atoms with Gasteiger partial charge in [-0.15, -0.1) is 11.6 Å². The number of alkyl halides is 1. The average molecular weight is 219 g/mol. The molecule has 2 aromatic rings. The van der Waals surface area contributed by atoms with Crippen LogP contribution in [0, 0.1) is 6.92 Å². The van der Waals surface area contributed by atoms with Gasteiger partial charge in [0.25, 0.3) is 0 Å². The van der Waals surface area contributed by atoms with Crippen molar-refractivity contribution in [2.75, 3.05) is 0 Å². The summed E-state index contributed by atoms with van der Waals surface area (Å²) in [5.41, 5.74) is 3.10. The summed E-state index contributed by atoms with van der Waals surface area (Å²) in [6, 6.07) is 9.95. The molecule has 0 aliphatic rings. The summed E-state index contributed by atoms with van der Waals surface area (Å²) in [5.74, 6) is 1.15. The molecule has 0 bridgehead atoms. The smallest absolute Gasteiger partial charge is 0.159 e. The van der Waals surface area contributed by atoms with Crippen LogP contribution in [0.4, 0.5) is 0 Å². The summed E-state index contributed by atoms with van der Waals surface area (Å²) < 4.78 is 0. The second-order valence-electron chi connectivity index (χ2n) is 3.37. The topological polar surface area (TPSA) is 25.8 Å². The van der Waals surface area contributed by atoms with Crippen molar-refractivity contribution in [3.63, 3.8) is 0 Å². The minimum absolute atomic E-state index is 0.418. The van der Waals surface area contributed by atoms with E-state index in [1.165, 1.54) is 5.56 Å². The second kappa shape index (κ2) is 4.41. The Balaban J connectivity index is 2.40. The van der Waals surface area contributed by atoms with Gasteiger partial charge >= 0.3 is 0 Å². The molecule has 0 radical (unpaired) electrons. The van der Waals surface area contributed by atoms with Crippen molar-refractivity contribution in [3.8, 4) is 11.4 Å². The summed E-state index contributed by atoms with van der Waals surface area (Å²) in [6.07, 6.45) is 1.74. The number of hydrogen-bond donors (Lipinski definition) is 0.